The van der Waals surface area contributed by atoms with Crippen LogP contribution >= 0.6 is 11.6 Å². The van der Waals surface area contributed by atoms with Crippen molar-refractivity contribution in [1.29, 1.82) is 0 Å². The number of hydrogen-bond acceptors (Lipinski definition) is 3. The Morgan fingerprint density at radius 1 is 1.35 bits per heavy atom. The van der Waals surface area contributed by atoms with Crippen LogP contribution in [0.25, 0.3) is 0 Å². The molecule has 6 nitrogen and oxygen atoms in total. The summed E-state index contributed by atoms with van der Waals surface area (Å²) in [7, 11) is 0. The lowest BCUT2D eigenvalue weighted by atomic mass is 10.1. The zero-order valence-electron chi connectivity index (χ0n) is 14.6. The van der Waals surface area contributed by atoms with Gasteiger partial charge in [-0.3, -0.25) is 9.59 Å². The largest absolute Gasteiger partial charge is 0.346 e. The van der Waals surface area contributed by atoms with Crippen LogP contribution in [0.2, 0.25) is 5.02 Å². The first-order valence-electron chi connectivity index (χ1n) is 8.57. The highest BCUT2D eigenvalue weighted by Gasteiger charge is 2.27. The van der Waals surface area contributed by atoms with Crippen molar-refractivity contribution in [1.82, 2.24) is 14.9 Å². The number of fused-ring (bicyclic) bond motifs is 1. The molecule has 0 atom stereocenters. The third-order valence-corrected chi connectivity index (χ3v) is 4.63. The third-order valence-electron chi connectivity index (χ3n) is 4.39. The lowest BCUT2D eigenvalue weighted by Gasteiger charge is -2.17. The molecule has 3 rings (SSSR count). The summed E-state index contributed by atoms with van der Waals surface area (Å²) in [5.74, 6) is -0.357. The fourth-order valence-electron chi connectivity index (χ4n) is 3.05. The number of benzene rings is 1. The zero-order valence-corrected chi connectivity index (χ0v) is 15.4. The van der Waals surface area contributed by atoms with Crippen LogP contribution in [0.3, 0.4) is 0 Å². The molecular formula is C19H21ClN4O2. The number of rotatable bonds is 5. The van der Waals surface area contributed by atoms with E-state index in [4.69, 9.17) is 11.6 Å². The fourth-order valence-corrected chi connectivity index (χ4v) is 3.22. The minimum Gasteiger partial charge on any atom is -0.346 e. The van der Waals surface area contributed by atoms with Crippen molar-refractivity contribution in [3.05, 3.63) is 58.7 Å². The molecule has 26 heavy (non-hydrogen) atoms. The van der Waals surface area contributed by atoms with Crippen molar-refractivity contribution in [2.75, 3.05) is 11.9 Å². The maximum absolute atomic E-state index is 12.8. The Hall–Kier alpha value is -2.60. The van der Waals surface area contributed by atoms with Crippen LogP contribution in [0.15, 0.2) is 30.9 Å². The van der Waals surface area contributed by atoms with Crippen molar-refractivity contribution in [2.45, 2.75) is 32.7 Å². The second-order valence-corrected chi connectivity index (χ2v) is 6.69. The van der Waals surface area contributed by atoms with E-state index in [1.165, 1.54) is 0 Å². The Kier molecular flexibility index (Phi) is 5.42. The number of aromatic nitrogens is 2. The molecular weight excluding hydrogens is 352 g/mol. The topological polar surface area (TPSA) is 76.0 Å². The number of carbonyl (C=O) groups is 2. The Morgan fingerprint density at radius 3 is 2.92 bits per heavy atom. The lowest BCUT2D eigenvalue weighted by molar-refractivity contribution is 0.0942. The number of imidazole rings is 1. The molecule has 2 N–H and O–H groups in total. The van der Waals surface area contributed by atoms with Gasteiger partial charge in [0, 0.05) is 23.8 Å². The molecule has 7 heteroatoms. The first-order valence-corrected chi connectivity index (χ1v) is 8.95. The lowest BCUT2D eigenvalue weighted by Crippen LogP contribution is -2.28. The van der Waals surface area contributed by atoms with E-state index in [-0.39, 0.29) is 17.6 Å². The Balaban J connectivity index is 1.92. The van der Waals surface area contributed by atoms with Gasteiger partial charge < -0.3 is 15.2 Å². The van der Waals surface area contributed by atoms with E-state index >= 15 is 0 Å². The summed E-state index contributed by atoms with van der Waals surface area (Å²) < 4.78 is 1.85. The molecule has 2 aromatic rings. The van der Waals surface area contributed by atoms with Crippen molar-refractivity contribution in [2.24, 2.45) is 0 Å². The quantitative estimate of drug-likeness (QED) is 0.790. The summed E-state index contributed by atoms with van der Waals surface area (Å²) in [5, 5.41) is 6.14. The average Bonchev–Trinajstić information content (AvgIpc) is 3.02. The van der Waals surface area contributed by atoms with E-state index in [0.29, 0.717) is 29.5 Å². The van der Waals surface area contributed by atoms with Crippen LogP contribution in [0.4, 0.5) is 5.69 Å². The molecule has 0 saturated carbocycles. The number of hydrogen-bond donors (Lipinski definition) is 2. The molecule has 0 unspecified atom stereocenters. The van der Waals surface area contributed by atoms with Crippen LogP contribution in [-0.2, 0) is 13.0 Å². The Labute approximate surface area is 157 Å². The number of nitrogens with one attached hydrogen (secondary N) is 2. The Bertz CT molecular complexity index is 873. The third kappa shape index (κ3) is 3.65. The van der Waals surface area contributed by atoms with Gasteiger partial charge >= 0.3 is 0 Å². The molecule has 0 saturated heterocycles. The number of carbonyl (C=O) groups excluding carboxylic acids is 2. The molecule has 0 spiro atoms. The van der Waals surface area contributed by atoms with E-state index in [1.807, 2.05) is 17.6 Å². The van der Waals surface area contributed by atoms with Gasteiger partial charge in [0.2, 0.25) is 0 Å². The highest BCUT2D eigenvalue weighted by Crippen LogP contribution is 2.24. The molecule has 1 aliphatic heterocycles. The summed E-state index contributed by atoms with van der Waals surface area (Å²) in [6.07, 6.45) is 4.25. The van der Waals surface area contributed by atoms with Crippen molar-refractivity contribution in [3.63, 3.8) is 0 Å². The van der Waals surface area contributed by atoms with Crippen LogP contribution in [0.5, 0.6) is 0 Å². The molecule has 2 amide bonds. The van der Waals surface area contributed by atoms with Crippen LogP contribution in [0.1, 0.15) is 45.2 Å². The number of amides is 2. The highest BCUT2D eigenvalue weighted by molar-refractivity contribution is 6.31. The zero-order chi connectivity index (χ0) is 18.7. The molecule has 0 fully saturated rings. The second-order valence-electron chi connectivity index (χ2n) is 6.25. The van der Waals surface area contributed by atoms with Crippen molar-refractivity contribution < 1.29 is 9.59 Å². The first kappa shape index (κ1) is 18.2. The van der Waals surface area contributed by atoms with Gasteiger partial charge in [0.1, 0.15) is 0 Å². The SMILES string of the molecule is C=CCNC(=O)c1nc(C(=O)Nc2cc(Cl)ccc2C)c2n1CCCC2. The number of halogens is 1. The highest BCUT2D eigenvalue weighted by atomic mass is 35.5. The van der Waals surface area contributed by atoms with Gasteiger partial charge in [-0.1, -0.05) is 23.7 Å². The van der Waals surface area contributed by atoms with Gasteiger partial charge in [0.05, 0.1) is 5.69 Å². The summed E-state index contributed by atoms with van der Waals surface area (Å²) in [6.45, 7) is 6.52. The minimum absolute atomic E-state index is 0.273. The van der Waals surface area contributed by atoms with Crippen molar-refractivity contribution in [3.8, 4) is 0 Å². The van der Waals surface area contributed by atoms with Gasteiger partial charge in [0.15, 0.2) is 11.5 Å². The van der Waals surface area contributed by atoms with Gasteiger partial charge in [-0.2, -0.15) is 0 Å². The van der Waals surface area contributed by atoms with E-state index in [2.05, 4.69) is 22.2 Å². The molecule has 0 aliphatic carbocycles. The molecule has 0 radical (unpaired) electrons. The van der Waals surface area contributed by atoms with E-state index in [0.717, 1.165) is 30.5 Å². The van der Waals surface area contributed by atoms with Gasteiger partial charge in [-0.15, -0.1) is 6.58 Å². The summed E-state index contributed by atoms with van der Waals surface area (Å²) in [4.78, 5) is 29.6. The standard InChI is InChI=1S/C19H21ClN4O2/c1-3-9-21-19(26)17-23-16(15-6-4-5-10-24(15)17)18(25)22-14-11-13(20)8-7-12(14)2/h3,7-8,11H,1,4-6,9-10H2,2H3,(H,21,26)(H,22,25). The van der Waals surface area contributed by atoms with Gasteiger partial charge in [-0.25, -0.2) is 4.98 Å². The average molecular weight is 373 g/mol. The summed E-state index contributed by atoms with van der Waals surface area (Å²) in [6, 6.07) is 5.32. The van der Waals surface area contributed by atoms with Crippen LogP contribution < -0.4 is 10.6 Å². The summed E-state index contributed by atoms with van der Waals surface area (Å²) in [5.41, 5.74) is 2.64. The number of anilines is 1. The second kappa shape index (κ2) is 7.74. The molecule has 1 aliphatic rings. The van der Waals surface area contributed by atoms with E-state index in [1.54, 1.807) is 18.2 Å². The smallest absolute Gasteiger partial charge is 0.287 e. The monoisotopic (exact) mass is 372 g/mol. The first-order chi connectivity index (χ1) is 12.5. The predicted molar refractivity (Wildman–Crippen MR) is 102 cm³/mol. The predicted octanol–water partition coefficient (Wildman–Crippen LogP) is 3.35. The molecule has 1 aromatic heterocycles. The molecule has 0 bridgehead atoms. The van der Waals surface area contributed by atoms with E-state index < -0.39 is 0 Å². The van der Waals surface area contributed by atoms with Gasteiger partial charge in [-0.05, 0) is 43.9 Å². The van der Waals surface area contributed by atoms with Crippen LogP contribution in [-0.4, -0.2) is 27.9 Å². The number of nitrogens with zero attached hydrogens (tertiary/aromatic N) is 2. The maximum atomic E-state index is 12.8. The van der Waals surface area contributed by atoms with Crippen molar-refractivity contribution >= 4 is 29.1 Å². The summed E-state index contributed by atoms with van der Waals surface area (Å²) >= 11 is 6.02. The minimum atomic E-state index is -0.330. The maximum Gasteiger partial charge on any atom is 0.287 e. The number of aryl methyl sites for hydroxylation is 1. The van der Waals surface area contributed by atoms with Gasteiger partial charge in [0.25, 0.3) is 11.8 Å². The molecule has 136 valence electrons. The normalized spacial score (nSPS) is 13.0. The Morgan fingerprint density at radius 2 is 2.15 bits per heavy atom. The molecule has 2 heterocycles. The van der Waals surface area contributed by atoms with Crippen LogP contribution in [0, 0.1) is 6.92 Å². The fraction of sp³-hybridized carbons (Fsp3) is 0.316. The molecule has 1 aromatic carbocycles. The van der Waals surface area contributed by atoms with E-state index in [9.17, 15) is 9.59 Å².